The molecular weight excluding hydrogens is 445 g/mol. The molecule has 2 N–H and O–H groups in total. The van der Waals surface area contributed by atoms with E-state index in [0.29, 0.717) is 23.8 Å². The van der Waals surface area contributed by atoms with Crippen molar-refractivity contribution in [2.45, 2.75) is 40.2 Å². The zero-order valence-corrected chi connectivity index (χ0v) is 19.2. The fraction of sp³-hybridized carbons (Fsp3) is 0.632. The standard InChI is InChI=1S/C19H33N3O3.HI/c1-7-20-19(21-12-8-9-14(2)3)22-13-15-10-11-16(23-4)18(25-6)17(15)24-5;/h10-11,14H,7-9,12-13H2,1-6H3,(H2,20,21,22);1H. The Morgan fingerprint density at radius 1 is 1.04 bits per heavy atom. The van der Waals surface area contributed by atoms with Gasteiger partial charge >= 0.3 is 0 Å². The third-order valence-corrected chi connectivity index (χ3v) is 3.79. The fourth-order valence-electron chi connectivity index (χ4n) is 2.51. The van der Waals surface area contributed by atoms with Gasteiger partial charge in [-0.05, 0) is 37.8 Å². The van der Waals surface area contributed by atoms with E-state index in [2.05, 4.69) is 36.4 Å². The number of aliphatic imine (C=N–C) groups is 1. The van der Waals surface area contributed by atoms with Crippen molar-refractivity contribution in [2.24, 2.45) is 10.9 Å². The zero-order chi connectivity index (χ0) is 18.7. The second-order valence-electron chi connectivity index (χ2n) is 6.15. The summed E-state index contributed by atoms with van der Waals surface area (Å²) in [6, 6.07) is 3.82. The second kappa shape index (κ2) is 13.8. The summed E-state index contributed by atoms with van der Waals surface area (Å²) >= 11 is 0. The predicted octanol–water partition coefficient (Wildman–Crippen LogP) is 3.82. The van der Waals surface area contributed by atoms with E-state index < -0.39 is 0 Å². The van der Waals surface area contributed by atoms with E-state index in [4.69, 9.17) is 14.2 Å². The number of methoxy groups -OCH3 is 3. The Bertz CT molecular complexity index is 551. The molecule has 0 heterocycles. The number of benzene rings is 1. The average molecular weight is 479 g/mol. The Balaban J connectivity index is 0.00000625. The second-order valence-corrected chi connectivity index (χ2v) is 6.15. The van der Waals surface area contributed by atoms with Gasteiger partial charge in [-0.25, -0.2) is 4.99 Å². The normalized spacial score (nSPS) is 11.0. The van der Waals surface area contributed by atoms with Gasteiger partial charge in [-0.2, -0.15) is 0 Å². The molecule has 0 aliphatic rings. The monoisotopic (exact) mass is 479 g/mol. The Hall–Kier alpha value is -1.38. The molecule has 0 saturated heterocycles. The van der Waals surface area contributed by atoms with Crippen molar-refractivity contribution in [3.63, 3.8) is 0 Å². The highest BCUT2D eigenvalue weighted by Crippen LogP contribution is 2.39. The van der Waals surface area contributed by atoms with Crippen LogP contribution in [0.1, 0.15) is 39.2 Å². The molecule has 1 aromatic rings. The first-order valence-corrected chi connectivity index (χ1v) is 8.87. The molecule has 0 aliphatic carbocycles. The lowest BCUT2D eigenvalue weighted by atomic mass is 10.1. The van der Waals surface area contributed by atoms with Crippen LogP contribution in [0.5, 0.6) is 17.2 Å². The minimum atomic E-state index is 0. The van der Waals surface area contributed by atoms with Crippen molar-refractivity contribution < 1.29 is 14.2 Å². The summed E-state index contributed by atoms with van der Waals surface area (Å²) in [6.45, 7) is 8.75. The van der Waals surface area contributed by atoms with Gasteiger partial charge in [-0.3, -0.25) is 0 Å². The molecular formula is C19H34IN3O3. The SMILES string of the molecule is CCNC(=NCc1ccc(OC)c(OC)c1OC)NCCCC(C)C.I. The first-order valence-electron chi connectivity index (χ1n) is 8.87. The van der Waals surface area contributed by atoms with Crippen molar-refractivity contribution in [3.05, 3.63) is 17.7 Å². The van der Waals surface area contributed by atoms with Gasteiger partial charge in [0.25, 0.3) is 0 Å². The van der Waals surface area contributed by atoms with Gasteiger partial charge in [0.05, 0.1) is 27.9 Å². The predicted molar refractivity (Wildman–Crippen MR) is 118 cm³/mol. The number of nitrogens with zero attached hydrogens (tertiary/aromatic N) is 1. The van der Waals surface area contributed by atoms with Crippen LogP contribution in [0.2, 0.25) is 0 Å². The van der Waals surface area contributed by atoms with Crippen LogP contribution in [0.4, 0.5) is 0 Å². The van der Waals surface area contributed by atoms with Crippen LogP contribution in [0.15, 0.2) is 17.1 Å². The molecule has 1 rings (SSSR count). The zero-order valence-electron chi connectivity index (χ0n) is 16.8. The summed E-state index contributed by atoms with van der Waals surface area (Å²) < 4.78 is 16.3. The maximum absolute atomic E-state index is 5.51. The number of halogens is 1. The lowest BCUT2D eigenvalue weighted by Gasteiger charge is -2.16. The molecule has 0 aromatic heterocycles. The van der Waals surface area contributed by atoms with Gasteiger partial charge in [0.2, 0.25) is 5.75 Å². The van der Waals surface area contributed by atoms with Gasteiger partial charge in [-0.15, -0.1) is 24.0 Å². The van der Waals surface area contributed by atoms with Gasteiger partial charge < -0.3 is 24.8 Å². The van der Waals surface area contributed by atoms with Crippen molar-refractivity contribution in [1.29, 1.82) is 0 Å². The summed E-state index contributed by atoms with van der Waals surface area (Å²) in [5.41, 5.74) is 0.944. The van der Waals surface area contributed by atoms with Crippen molar-refractivity contribution in [2.75, 3.05) is 34.4 Å². The third-order valence-electron chi connectivity index (χ3n) is 3.79. The highest BCUT2D eigenvalue weighted by Gasteiger charge is 2.15. The number of rotatable bonds is 10. The van der Waals surface area contributed by atoms with E-state index in [1.165, 1.54) is 6.42 Å². The fourth-order valence-corrected chi connectivity index (χ4v) is 2.51. The molecule has 0 amide bonds. The van der Waals surface area contributed by atoms with E-state index in [-0.39, 0.29) is 24.0 Å². The minimum absolute atomic E-state index is 0. The largest absolute Gasteiger partial charge is 0.493 e. The lowest BCUT2D eigenvalue weighted by molar-refractivity contribution is 0.322. The van der Waals surface area contributed by atoms with Crippen LogP contribution < -0.4 is 24.8 Å². The quantitative estimate of drug-likeness (QED) is 0.231. The molecule has 150 valence electrons. The van der Waals surface area contributed by atoms with Crippen LogP contribution in [-0.2, 0) is 6.54 Å². The van der Waals surface area contributed by atoms with Crippen LogP contribution in [-0.4, -0.2) is 40.4 Å². The first kappa shape index (κ1) is 24.6. The van der Waals surface area contributed by atoms with Crippen LogP contribution in [0.25, 0.3) is 0 Å². The third kappa shape index (κ3) is 7.88. The molecule has 26 heavy (non-hydrogen) atoms. The molecule has 0 atom stereocenters. The summed E-state index contributed by atoms with van der Waals surface area (Å²) in [5, 5.41) is 6.65. The van der Waals surface area contributed by atoms with Crippen LogP contribution in [0, 0.1) is 5.92 Å². The van der Waals surface area contributed by atoms with Crippen molar-refractivity contribution >= 4 is 29.9 Å². The van der Waals surface area contributed by atoms with Gasteiger partial charge in [-0.1, -0.05) is 13.8 Å². The topological polar surface area (TPSA) is 64.1 Å². The number of nitrogens with one attached hydrogen (secondary N) is 2. The van der Waals surface area contributed by atoms with E-state index >= 15 is 0 Å². The number of hydrogen-bond acceptors (Lipinski definition) is 4. The number of hydrogen-bond donors (Lipinski definition) is 2. The van der Waals surface area contributed by atoms with E-state index in [0.717, 1.165) is 37.0 Å². The Kier molecular flexibility index (Phi) is 13.0. The summed E-state index contributed by atoms with van der Waals surface area (Å²) in [7, 11) is 4.84. The molecule has 6 nitrogen and oxygen atoms in total. The molecule has 0 saturated carbocycles. The Morgan fingerprint density at radius 3 is 2.27 bits per heavy atom. The molecule has 0 bridgehead atoms. The molecule has 1 aromatic carbocycles. The van der Waals surface area contributed by atoms with Crippen molar-refractivity contribution in [3.8, 4) is 17.2 Å². The number of ether oxygens (including phenoxy) is 3. The number of guanidine groups is 1. The molecule has 0 spiro atoms. The minimum Gasteiger partial charge on any atom is -0.493 e. The molecule has 0 radical (unpaired) electrons. The van der Waals surface area contributed by atoms with E-state index in [1.54, 1.807) is 21.3 Å². The summed E-state index contributed by atoms with van der Waals surface area (Å²) in [4.78, 5) is 4.66. The summed E-state index contributed by atoms with van der Waals surface area (Å²) in [6.07, 6.45) is 2.33. The molecule has 0 fully saturated rings. The van der Waals surface area contributed by atoms with Crippen LogP contribution >= 0.6 is 24.0 Å². The van der Waals surface area contributed by atoms with Crippen LogP contribution in [0.3, 0.4) is 0 Å². The maximum atomic E-state index is 5.51. The highest BCUT2D eigenvalue weighted by molar-refractivity contribution is 14.0. The smallest absolute Gasteiger partial charge is 0.203 e. The maximum Gasteiger partial charge on any atom is 0.203 e. The molecule has 0 aliphatic heterocycles. The van der Waals surface area contributed by atoms with Gasteiger partial charge in [0, 0.05) is 18.7 Å². The van der Waals surface area contributed by atoms with Gasteiger partial charge in [0.15, 0.2) is 17.5 Å². The highest BCUT2D eigenvalue weighted by atomic mass is 127. The average Bonchev–Trinajstić information content (AvgIpc) is 2.61. The van der Waals surface area contributed by atoms with Crippen molar-refractivity contribution in [1.82, 2.24) is 10.6 Å². The van der Waals surface area contributed by atoms with E-state index in [1.807, 2.05) is 12.1 Å². The van der Waals surface area contributed by atoms with E-state index in [9.17, 15) is 0 Å². The molecule has 0 unspecified atom stereocenters. The summed E-state index contributed by atoms with van der Waals surface area (Å²) in [5.74, 6) is 3.42. The lowest BCUT2D eigenvalue weighted by Crippen LogP contribution is -2.37. The molecule has 7 heteroatoms. The van der Waals surface area contributed by atoms with Gasteiger partial charge in [0.1, 0.15) is 0 Å². The Labute approximate surface area is 175 Å². The Morgan fingerprint density at radius 2 is 1.73 bits per heavy atom. The first-order chi connectivity index (χ1) is 12.1.